The van der Waals surface area contributed by atoms with Crippen molar-refractivity contribution in [1.29, 1.82) is 0 Å². The average Bonchev–Trinajstić information content (AvgIpc) is 3.23. The zero-order valence-corrected chi connectivity index (χ0v) is 39.3. The van der Waals surface area contributed by atoms with Crippen molar-refractivity contribution in [3.63, 3.8) is 0 Å². The van der Waals surface area contributed by atoms with Crippen molar-refractivity contribution >= 4 is 16.3 Å². The van der Waals surface area contributed by atoms with Crippen LogP contribution in [0.25, 0.3) is 0 Å². The number of ether oxygens (including phenoxy) is 2. The summed E-state index contributed by atoms with van der Waals surface area (Å²) >= 11 is 0. The fourth-order valence-corrected chi connectivity index (χ4v) is 8.37. The zero-order valence-electron chi connectivity index (χ0n) is 38.5. The highest BCUT2D eigenvalue weighted by Gasteiger charge is 2.48. The van der Waals surface area contributed by atoms with Crippen LogP contribution in [0.15, 0.2) is 24.3 Å². The molecule has 0 aromatic rings. The van der Waals surface area contributed by atoms with Gasteiger partial charge in [-0.05, 0) is 44.9 Å². The summed E-state index contributed by atoms with van der Waals surface area (Å²) in [4.78, 5) is 13.0. The van der Waals surface area contributed by atoms with E-state index in [0.29, 0.717) is 6.42 Å². The molecule has 1 aliphatic rings. The van der Waals surface area contributed by atoms with Gasteiger partial charge >= 0.3 is 10.4 Å². The van der Waals surface area contributed by atoms with Crippen molar-refractivity contribution in [2.45, 2.75) is 262 Å². The van der Waals surface area contributed by atoms with Crippen molar-refractivity contribution in [2.24, 2.45) is 0 Å². The van der Waals surface area contributed by atoms with Gasteiger partial charge < -0.3 is 35.2 Å². The topological polar surface area (TPSA) is 192 Å². The molecular formula is C48H91NO11S. The van der Waals surface area contributed by atoms with Gasteiger partial charge in [0.25, 0.3) is 0 Å². The largest absolute Gasteiger partial charge is 0.397 e. The molecule has 61 heavy (non-hydrogen) atoms. The smallest absolute Gasteiger partial charge is 0.394 e. The lowest BCUT2D eigenvalue weighted by atomic mass is 9.99. The molecular weight excluding hydrogens is 799 g/mol. The van der Waals surface area contributed by atoms with Crippen LogP contribution in [0.2, 0.25) is 0 Å². The maximum absolute atomic E-state index is 13.0. The Hall–Kier alpha value is -1.42. The van der Waals surface area contributed by atoms with E-state index >= 15 is 0 Å². The van der Waals surface area contributed by atoms with E-state index in [4.69, 9.17) is 9.47 Å². The summed E-state index contributed by atoms with van der Waals surface area (Å²) in [5.41, 5.74) is 0. The van der Waals surface area contributed by atoms with Gasteiger partial charge in [-0.2, -0.15) is 8.42 Å². The average molecular weight is 890 g/mol. The summed E-state index contributed by atoms with van der Waals surface area (Å²) in [6.45, 7) is 3.39. The number of aliphatic hydroxyl groups excluding tert-OH is 4. The minimum Gasteiger partial charge on any atom is -0.394 e. The second-order valence-corrected chi connectivity index (χ2v) is 18.4. The predicted molar refractivity (Wildman–Crippen MR) is 245 cm³/mol. The van der Waals surface area contributed by atoms with Gasteiger partial charge in [0.05, 0.1) is 25.4 Å². The molecule has 0 bridgehead atoms. The number of hydrogen-bond acceptors (Lipinski definition) is 10. The molecule has 0 aromatic carbocycles. The lowest BCUT2D eigenvalue weighted by Gasteiger charge is -2.41. The molecule has 0 spiro atoms. The van der Waals surface area contributed by atoms with Gasteiger partial charge in [0.15, 0.2) is 6.29 Å². The molecule has 0 aliphatic carbocycles. The zero-order chi connectivity index (χ0) is 44.8. The number of unbranched alkanes of at least 4 members (excludes halogenated alkanes) is 28. The van der Waals surface area contributed by atoms with E-state index in [9.17, 15) is 38.2 Å². The van der Waals surface area contributed by atoms with Gasteiger partial charge in [-0.25, -0.2) is 4.18 Å². The summed E-state index contributed by atoms with van der Waals surface area (Å²) in [6.07, 6.45) is 36.4. The van der Waals surface area contributed by atoms with Crippen LogP contribution in [-0.2, 0) is 28.9 Å². The van der Waals surface area contributed by atoms with E-state index in [-0.39, 0.29) is 18.9 Å². The molecule has 1 rings (SSSR count). The summed E-state index contributed by atoms with van der Waals surface area (Å²) in [5.74, 6) is -0.266. The van der Waals surface area contributed by atoms with Crippen LogP contribution in [0.1, 0.15) is 219 Å². The number of nitrogens with one attached hydrogen (secondary N) is 1. The lowest BCUT2D eigenvalue weighted by molar-refractivity contribution is -0.298. The van der Waals surface area contributed by atoms with Crippen molar-refractivity contribution in [1.82, 2.24) is 5.32 Å². The number of carbonyl (C=O) groups excluding carboxylic acids is 1. The standard InChI is InChI=1S/C48H91NO11S/c1-3-5-7-9-11-13-15-17-19-20-21-22-24-26-28-30-32-34-36-38-44(52)49-41(40-58-48-46(54)47(60-61(55,56)57)45(53)43(39-50)59-48)42(51)37-35-33-31-29-27-25-23-18-16-14-12-10-8-6-4-2/h20-21,35,37,41-43,45-48,50-51,53-54H,3-19,22-34,36,38-40H2,1-2H3,(H,49,52)(H,55,56,57)/b21-20-,37-35+. The van der Waals surface area contributed by atoms with Crippen LogP contribution in [0.3, 0.4) is 0 Å². The predicted octanol–water partition coefficient (Wildman–Crippen LogP) is 10.1. The molecule has 0 saturated carbocycles. The Kier molecular flexibility index (Phi) is 36.8. The van der Waals surface area contributed by atoms with Crippen molar-refractivity contribution in [2.75, 3.05) is 13.2 Å². The molecule has 0 aromatic heterocycles. The van der Waals surface area contributed by atoms with Crippen LogP contribution in [0, 0.1) is 0 Å². The molecule has 1 fully saturated rings. The highest BCUT2D eigenvalue weighted by molar-refractivity contribution is 7.80. The summed E-state index contributed by atoms with van der Waals surface area (Å²) < 4.78 is 47.6. The van der Waals surface area contributed by atoms with Crippen LogP contribution in [0.5, 0.6) is 0 Å². The number of amides is 1. The summed E-state index contributed by atoms with van der Waals surface area (Å²) in [5, 5.41) is 44.8. The number of allylic oxidation sites excluding steroid dienone is 3. The molecule has 7 unspecified atom stereocenters. The second-order valence-electron chi connectivity index (χ2n) is 17.4. The van der Waals surface area contributed by atoms with Gasteiger partial charge in [0, 0.05) is 6.42 Å². The SMILES string of the molecule is CCCCCCCCCC/C=C\CCCCCCCCCC(=O)NC(COC1OC(CO)C(O)C(OS(=O)(=O)O)C1O)C(O)/C=C/CCCCCCCCCCCCCCC. The minimum atomic E-state index is -5.08. The third kappa shape index (κ3) is 32.0. The minimum absolute atomic E-state index is 0.265. The Balaban J connectivity index is 2.48. The number of rotatable bonds is 42. The third-order valence-electron chi connectivity index (χ3n) is 11.7. The van der Waals surface area contributed by atoms with Gasteiger partial charge in [0.2, 0.25) is 5.91 Å². The lowest BCUT2D eigenvalue weighted by Crippen LogP contribution is -2.61. The molecule has 1 saturated heterocycles. The maximum Gasteiger partial charge on any atom is 0.397 e. The maximum atomic E-state index is 13.0. The van der Waals surface area contributed by atoms with Gasteiger partial charge in [-0.3, -0.25) is 9.35 Å². The second kappa shape index (κ2) is 39.0. The van der Waals surface area contributed by atoms with Crippen LogP contribution in [0.4, 0.5) is 0 Å². The Morgan fingerprint density at radius 1 is 0.639 bits per heavy atom. The van der Waals surface area contributed by atoms with E-state index in [1.54, 1.807) is 6.08 Å². The number of hydrogen-bond donors (Lipinski definition) is 6. The Morgan fingerprint density at radius 2 is 1.05 bits per heavy atom. The Bertz CT molecular complexity index is 1190. The summed E-state index contributed by atoms with van der Waals surface area (Å²) in [7, 11) is -5.08. The normalized spacial score (nSPS) is 20.8. The highest BCUT2D eigenvalue weighted by atomic mass is 32.3. The van der Waals surface area contributed by atoms with Crippen molar-refractivity contribution < 1.29 is 51.8 Å². The fraction of sp³-hybridized carbons (Fsp3) is 0.896. The molecule has 360 valence electrons. The highest BCUT2D eigenvalue weighted by Crippen LogP contribution is 2.26. The first-order valence-corrected chi connectivity index (χ1v) is 26.1. The van der Waals surface area contributed by atoms with Crippen LogP contribution >= 0.6 is 0 Å². The van der Waals surface area contributed by atoms with Gasteiger partial charge in [-0.15, -0.1) is 0 Å². The molecule has 1 amide bonds. The summed E-state index contributed by atoms with van der Waals surface area (Å²) in [6, 6.07) is -0.944. The van der Waals surface area contributed by atoms with Crippen LogP contribution in [-0.4, -0.2) is 95.4 Å². The first-order valence-electron chi connectivity index (χ1n) is 24.7. The molecule has 0 radical (unpaired) electrons. The molecule has 1 heterocycles. The van der Waals surface area contributed by atoms with E-state index in [1.165, 1.54) is 148 Å². The van der Waals surface area contributed by atoms with Crippen molar-refractivity contribution in [3.8, 4) is 0 Å². The number of carbonyl (C=O) groups is 1. The quantitative estimate of drug-likeness (QED) is 0.0194. The van der Waals surface area contributed by atoms with Gasteiger partial charge in [0.1, 0.15) is 24.4 Å². The van der Waals surface area contributed by atoms with E-state index < -0.39 is 59.9 Å². The molecule has 13 heteroatoms. The Morgan fingerprint density at radius 3 is 1.48 bits per heavy atom. The van der Waals surface area contributed by atoms with E-state index in [1.807, 2.05) is 6.08 Å². The molecule has 1 aliphatic heterocycles. The third-order valence-corrected chi connectivity index (χ3v) is 12.2. The fourth-order valence-electron chi connectivity index (χ4n) is 7.86. The molecule has 12 nitrogen and oxygen atoms in total. The van der Waals surface area contributed by atoms with Gasteiger partial charge in [-0.1, -0.05) is 192 Å². The van der Waals surface area contributed by atoms with E-state index in [0.717, 1.165) is 44.9 Å². The monoisotopic (exact) mass is 890 g/mol. The Labute approximate surface area is 372 Å². The van der Waals surface area contributed by atoms with E-state index in [2.05, 4.69) is 35.5 Å². The number of aliphatic hydroxyl groups is 4. The first-order chi connectivity index (χ1) is 29.5. The molecule has 6 N–H and O–H groups in total. The van der Waals surface area contributed by atoms with Crippen LogP contribution < -0.4 is 5.32 Å². The van der Waals surface area contributed by atoms with Crippen molar-refractivity contribution in [3.05, 3.63) is 24.3 Å². The molecule has 7 atom stereocenters. The first kappa shape index (κ1) is 57.6.